The minimum Gasteiger partial charge on any atom is -0.399 e. The van der Waals surface area contributed by atoms with Crippen molar-refractivity contribution in [2.75, 3.05) is 12.3 Å². The van der Waals surface area contributed by atoms with E-state index in [2.05, 4.69) is 4.90 Å². The molecule has 0 aromatic heterocycles. The van der Waals surface area contributed by atoms with Gasteiger partial charge < -0.3 is 10.6 Å². The molecule has 1 saturated heterocycles. The minimum atomic E-state index is 0.346. The maximum atomic E-state index is 12.5. The summed E-state index contributed by atoms with van der Waals surface area (Å²) in [7, 11) is 0. The van der Waals surface area contributed by atoms with Crippen LogP contribution in [-0.2, 0) is 11.2 Å². The van der Waals surface area contributed by atoms with E-state index in [9.17, 15) is 4.79 Å². The number of hydrogen-bond acceptors (Lipinski definition) is 2. The lowest BCUT2D eigenvalue weighted by Gasteiger charge is -2.38. The van der Waals surface area contributed by atoms with E-state index in [0.717, 1.165) is 24.6 Å². The maximum absolute atomic E-state index is 12.5. The van der Waals surface area contributed by atoms with Gasteiger partial charge in [-0.1, -0.05) is 18.6 Å². The number of rotatable bonds is 3. The summed E-state index contributed by atoms with van der Waals surface area (Å²) in [4.78, 5) is 14.7. The number of anilines is 1. The van der Waals surface area contributed by atoms with Gasteiger partial charge in [-0.25, -0.2) is 0 Å². The lowest BCUT2D eigenvalue weighted by molar-refractivity contribution is -0.135. The SMILES string of the molecule is Nc1ccc(CCC(=O)N2CCCC3CCCC32)cc1. The second-order valence-electron chi connectivity index (χ2n) is 6.23. The first-order chi connectivity index (χ1) is 9.74. The zero-order valence-electron chi connectivity index (χ0n) is 12.1. The minimum absolute atomic E-state index is 0.346. The van der Waals surface area contributed by atoms with Crippen LogP contribution in [0.3, 0.4) is 0 Å². The van der Waals surface area contributed by atoms with Gasteiger partial charge in [-0.2, -0.15) is 0 Å². The van der Waals surface area contributed by atoms with Crippen LogP contribution in [0.5, 0.6) is 0 Å². The van der Waals surface area contributed by atoms with Crippen molar-refractivity contribution in [1.82, 2.24) is 4.90 Å². The van der Waals surface area contributed by atoms with E-state index in [1.165, 1.54) is 37.7 Å². The van der Waals surface area contributed by atoms with Crippen molar-refractivity contribution in [3.05, 3.63) is 29.8 Å². The summed E-state index contributed by atoms with van der Waals surface area (Å²) < 4.78 is 0. The topological polar surface area (TPSA) is 46.3 Å². The first-order valence-electron chi connectivity index (χ1n) is 7.88. The Morgan fingerprint density at radius 3 is 2.70 bits per heavy atom. The third kappa shape index (κ3) is 2.82. The van der Waals surface area contributed by atoms with Crippen molar-refractivity contribution in [1.29, 1.82) is 0 Å². The van der Waals surface area contributed by atoms with Gasteiger partial charge in [-0.3, -0.25) is 4.79 Å². The lowest BCUT2D eigenvalue weighted by Crippen LogP contribution is -2.46. The molecule has 2 fully saturated rings. The quantitative estimate of drug-likeness (QED) is 0.860. The summed E-state index contributed by atoms with van der Waals surface area (Å²) in [5, 5.41) is 0. The number of aryl methyl sites for hydroxylation is 1. The molecule has 2 N–H and O–H groups in total. The molecule has 3 rings (SSSR count). The Bertz CT molecular complexity index is 468. The van der Waals surface area contributed by atoms with Gasteiger partial charge in [0.2, 0.25) is 5.91 Å². The largest absolute Gasteiger partial charge is 0.399 e. The lowest BCUT2D eigenvalue weighted by atomic mass is 9.91. The van der Waals surface area contributed by atoms with E-state index in [1.54, 1.807) is 0 Å². The molecule has 2 unspecified atom stereocenters. The molecule has 1 aliphatic carbocycles. The van der Waals surface area contributed by atoms with Gasteiger partial charge in [0.15, 0.2) is 0 Å². The molecule has 20 heavy (non-hydrogen) atoms. The van der Waals surface area contributed by atoms with Crippen LogP contribution in [0, 0.1) is 5.92 Å². The molecule has 1 heterocycles. The standard InChI is InChI=1S/C17H24N2O/c18-15-9-6-13(7-10-15)8-11-17(20)19-12-2-4-14-3-1-5-16(14)19/h6-7,9-10,14,16H,1-5,8,11-12,18H2. The molecule has 2 atom stereocenters. The summed E-state index contributed by atoms with van der Waals surface area (Å²) in [6.45, 7) is 0.974. The number of benzene rings is 1. The maximum Gasteiger partial charge on any atom is 0.223 e. The Balaban J connectivity index is 1.57. The molecule has 1 aromatic rings. The number of piperidine rings is 1. The summed E-state index contributed by atoms with van der Waals surface area (Å²) >= 11 is 0. The Labute approximate surface area is 121 Å². The van der Waals surface area contributed by atoms with Gasteiger partial charge in [0, 0.05) is 24.7 Å². The molecule has 1 saturated carbocycles. The van der Waals surface area contributed by atoms with Crippen molar-refractivity contribution in [3.8, 4) is 0 Å². The van der Waals surface area contributed by atoms with Crippen molar-refractivity contribution in [3.63, 3.8) is 0 Å². The fourth-order valence-electron chi connectivity index (χ4n) is 3.84. The highest BCUT2D eigenvalue weighted by molar-refractivity contribution is 5.77. The van der Waals surface area contributed by atoms with Crippen LogP contribution < -0.4 is 5.73 Å². The van der Waals surface area contributed by atoms with Crippen molar-refractivity contribution >= 4 is 11.6 Å². The molecule has 3 heteroatoms. The summed E-state index contributed by atoms with van der Waals surface area (Å²) in [6.07, 6.45) is 7.82. The van der Waals surface area contributed by atoms with Gasteiger partial charge in [0.1, 0.15) is 0 Å². The normalized spacial score (nSPS) is 25.5. The molecule has 0 radical (unpaired) electrons. The average Bonchev–Trinajstić information content (AvgIpc) is 2.94. The molecule has 108 valence electrons. The summed E-state index contributed by atoms with van der Waals surface area (Å²) in [6, 6.07) is 8.41. The number of likely N-dealkylation sites (tertiary alicyclic amines) is 1. The highest BCUT2D eigenvalue weighted by Gasteiger charge is 2.36. The van der Waals surface area contributed by atoms with Crippen LogP contribution in [0.1, 0.15) is 44.1 Å². The van der Waals surface area contributed by atoms with Crippen molar-refractivity contribution < 1.29 is 4.79 Å². The van der Waals surface area contributed by atoms with E-state index < -0.39 is 0 Å². The van der Waals surface area contributed by atoms with E-state index in [-0.39, 0.29) is 0 Å². The molecule has 1 aromatic carbocycles. The first kappa shape index (κ1) is 13.5. The second-order valence-corrected chi connectivity index (χ2v) is 6.23. The van der Waals surface area contributed by atoms with Crippen LogP contribution in [0.4, 0.5) is 5.69 Å². The third-order valence-corrected chi connectivity index (χ3v) is 4.92. The zero-order valence-corrected chi connectivity index (χ0v) is 12.1. The molecule has 2 aliphatic rings. The third-order valence-electron chi connectivity index (χ3n) is 4.92. The van der Waals surface area contributed by atoms with Gasteiger partial charge in [0.25, 0.3) is 0 Å². The monoisotopic (exact) mass is 272 g/mol. The van der Waals surface area contributed by atoms with Crippen LogP contribution in [-0.4, -0.2) is 23.4 Å². The number of nitrogen functional groups attached to an aromatic ring is 1. The van der Waals surface area contributed by atoms with Gasteiger partial charge in [-0.15, -0.1) is 0 Å². The Hall–Kier alpha value is -1.51. The number of carbonyl (C=O) groups excluding carboxylic acids is 1. The fraction of sp³-hybridized carbons (Fsp3) is 0.588. The molecule has 1 aliphatic heterocycles. The van der Waals surface area contributed by atoms with Gasteiger partial charge in [0.05, 0.1) is 0 Å². The fourth-order valence-corrected chi connectivity index (χ4v) is 3.84. The van der Waals surface area contributed by atoms with E-state index in [0.29, 0.717) is 18.4 Å². The predicted octanol–water partition coefficient (Wildman–Crippen LogP) is 2.99. The smallest absolute Gasteiger partial charge is 0.223 e. The molecule has 1 amide bonds. The second kappa shape index (κ2) is 5.86. The zero-order chi connectivity index (χ0) is 13.9. The number of carbonyl (C=O) groups is 1. The van der Waals surface area contributed by atoms with Crippen molar-refractivity contribution in [2.45, 2.75) is 51.0 Å². The van der Waals surface area contributed by atoms with Crippen LogP contribution in [0.25, 0.3) is 0 Å². The number of fused-ring (bicyclic) bond motifs is 1. The molecular weight excluding hydrogens is 248 g/mol. The van der Waals surface area contributed by atoms with E-state index in [1.807, 2.05) is 24.3 Å². The Morgan fingerprint density at radius 2 is 1.90 bits per heavy atom. The first-order valence-corrected chi connectivity index (χ1v) is 7.88. The van der Waals surface area contributed by atoms with E-state index in [4.69, 9.17) is 5.73 Å². The number of nitrogens with two attached hydrogens (primary N) is 1. The summed E-state index contributed by atoms with van der Waals surface area (Å²) in [5.74, 6) is 1.13. The van der Waals surface area contributed by atoms with E-state index >= 15 is 0 Å². The van der Waals surface area contributed by atoms with Crippen LogP contribution in [0.2, 0.25) is 0 Å². The Morgan fingerprint density at radius 1 is 1.15 bits per heavy atom. The number of nitrogens with zero attached hydrogens (tertiary/aromatic N) is 1. The number of hydrogen-bond donors (Lipinski definition) is 1. The average molecular weight is 272 g/mol. The highest BCUT2D eigenvalue weighted by Crippen LogP contribution is 2.37. The number of amides is 1. The van der Waals surface area contributed by atoms with Gasteiger partial charge in [-0.05, 0) is 55.7 Å². The van der Waals surface area contributed by atoms with Crippen LogP contribution >= 0.6 is 0 Å². The molecular formula is C17H24N2O. The Kier molecular flexibility index (Phi) is 3.95. The predicted molar refractivity (Wildman–Crippen MR) is 81.3 cm³/mol. The van der Waals surface area contributed by atoms with Crippen molar-refractivity contribution in [2.24, 2.45) is 5.92 Å². The van der Waals surface area contributed by atoms with Gasteiger partial charge >= 0.3 is 0 Å². The van der Waals surface area contributed by atoms with Crippen LogP contribution in [0.15, 0.2) is 24.3 Å². The molecule has 0 bridgehead atoms. The molecule has 3 nitrogen and oxygen atoms in total. The summed E-state index contributed by atoms with van der Waals surface area (Å²) in [5.41, 5.74) is 7.67. The molecule has 0 spiro atoms. The highest BCUT2D eigenvalue weighted by atomic mass is 16.2.